The molecule has 0 fully saturated rings. The monoisotopic (exact) mass is 273 g/mol. The zero-order chi connectivity index (χ0) is 13.8. The summed E-state index contributed by atoms with van der Waals surface area (Å²) in [5.74, 6) is 0.475. The zero-order valence-corrected chi connectivity index (χ0v) is 11.6. The van der Waals surface area contributed by atoms with Crippen LogP contribution in [0, 0.1) is 0 Å². The standard InChI is InChI=1S/C13H15N5S/c1-18(2)10-5-3-9(4-6-10)16-13-15-8-7-11(17-13)12(14)19/h3-8H,1-2H3,(H2,14,19)(H,15,16,17). The first kappa shape index (κ1) is 13.2. The highest BCUT2D eigenvalue weighted by molar-refractivity contribution is 7.80. The van der Waals surface area contributed by atoms with Crippen LogP contribution in [0.5, 0.6) is 0 Å². The number of thiocarbonyl (C=S) groups is 1. The minimum absolute atomic E-state index is 0.258. The predicted molar refractivity (Wildman–Crippen MR) is 82.0 cm³/mol. The van der Waals surface area contributed by atoms with E-state index in [-0.39, 0.29) is 4.99 Å². The molecule has 98 valence electrons. The maximum absolute atomic E-state index is 5.54. The second-order valence-electron chi connectivity index (χ2n) is 4.20. The summed E-state index contributed by atoms with van der Waals surface area (Å²) in [7, 11) is 3.99. The van der Waals surface area contributed by atoms with Gasteiger partial charge in [-0.25, -0.2) is 9.97 Å². The van der Waals surface area contributed by atoms with Crippen LogP contribution in [-0.2, 0) is 0 Å². The van der Waals surface area contributed by atoms with Gasteiger partial charge in [0.2, 0.25) is 5.95 Å². The molecule has 6 heteroatoms. The van der Waals surface area contributed by atoms with Crippen molar-refractivity contribution in [3.63, 3.8) is 0 Å². The maximum Gasteiger partial charge on any atom is 0.227 e. The van der Waals surface area contributed by atoms with Gasteiger partial charge in [-0.15, -0.1) is 0 Å². The molecule has 3 N–H and O–H groups in total. The van der Waals surface area contributed by atoms with E-state index in [2.05, 4.69) is 15.3 Å². The quantitative estimate of drug-likeness (QED) is 0.830. The molecular formula is C13H15N5S. The number of anilines is 3. The van der Waals surface area contributed by atoms with E-state index in [4.69, 9.17) is 18.0 Å². The lowest BCUT2D eigenvalue weighted by atomic mass is 10.2. The molecule has 1 heterocycles. The normalized spacial score (nSPS) is 10.0. The fraction of sp³-hybridized carbons (Fsp3) is 0.154. The van der Waals surface area contributed by atoms with Crippen LogP contribution >= 0.6 is 12.2 Å². The van der Waals surface area contributed by atoms with Gasteiger partial charge >= 0.3 is 0 Å². The average Bonchev–Trinajstić information content (AvgIpc) is 2.39. The van der Waals surface area contributed by atoms with Crippen LogP contribution in [0.4, 0.5) is 17.3 Å². The van der Waals surface area contributed by atoms with Gasteiger partial charge in [-0.3, -0.25) is 0 Å². The number of hydrogen-bond donors (Lipinski definition) is 2. The zero-order valence-electron chi connectivity index (χ0n) is 10.8. The predicted octanol–water partition coefficient (Wildman–Crippen LogP) is 1.92. The number of aromatic nitrogens is 2. The second-order valence-corrected chi connectivity index (χ2v) is 4.64. The highest BCUT2D eigenvalue weighted by Crippen LogP contribution is 2.18. The van der Waals surface area contributed by atoms with E-state index in [1.165, 1.54) is 0 Å². The Morgan fingerprint density at radius 1 is 1.21 bits per heavy atom. The summed E-state index contributed by atoms with van der Waals surface area (Å²) in [6, 6.07) is 9.64. The van der Waals surface area contributed by atoms with Crippen molar-refractivity contribution in [2.24, 2.45) is 5.73 Å². The Hall–Kier alpha value is -2.21. The van der Waals surface area contributed by atoms with Gasteiger partial charge in [0.1, 0.15) is 10.7 Å². The van der Waals surface area contributed by atoms with Crippen molar-refractivity contribution in [1.82, 2.24) is 9.97 Å². The minimum Gasteiger partial charge on any atom is -0.388 e. The molecule has 2 rings (SSSR count). The van der Waals surface area contributed by atoms with Crippen molar-refractivity contribution in [3.05, 3.63) is 42.2 Å². The SMILES string of the molecule is CN(C)c1ccc(Nc2nccc(C(N)=S)n2)cc1. The maximum atomic E-state index is 5.54. The molecule has 0 aliphatic rings. The molecular weight excluding hydrogens is 258 g/mol. The van der Waals surface area contributed by atoms with Gasteiger partial charge in [-0.05, 0) is 30.3 Å². The number of hydrogen-bond acceptors (Lipinski definition) is 5. The highest BCUT2D eigenvalue weighted by Gasteiger charge is 2.02. The van der Waals surface area contributed by atoms with Crippen LogP contribution in [0.25, 0.3) is 0 Å². The van der Waals surface area contributed by atoms with E-state index >= 15 is 0 Å². The van der Waals surface area contributed by atoms with Crippen molar-refractivity contribution in [2.75, 3.05) is 24.3 Å². The van der Waals surface area contributed by atoms with Crippen LogP contribution in [0.3, 0.4) is 0 Å². The molecule has 0 aliphatic heterocycles. The molecule has 0 radical (unpaired) electrons. The third kappa shape index (κ3) is 3.38. The van der Waals surface area contributed by atoms with Gasteiger partial charge in [0.05, 0.1) is 0 Å². The van der Waals surface area contributed by atoms with Crippen molar-refractivity contribution < 1.29 is 0 Å². The number of rotatable bonds is 4. The first-order valence-electron chi connectivity index (χ1n) is 5.73. The molecule has 0 saturated carbocycles. The molecule has 1 aromatic heterocycles. The minimum atomic E-state index is 0.258. The Kier molecular flexibility index (Phi) is 3.91. The Morgan fingerprint density at radius 3 is 2.47 bits per heavy atom. The summed E-state index contributed by atoms with van der Waals surface area (Å²) in [6.45, 7) is 0. The first-order chi connectivity index (χ1) is 9.06. The average molecular weight is 273 g/mol. The van der Waals surface area contributed by atoms with Gasteiger partial charge in [-0.1, -0.05) is 12.2 Å². The Bertz CT molecular complexity index is 580. The van der Waals surface area contributed by atoms with Gasteiger partial charge in [0.25, 0.3) is 0 Å². The summed E-state index contributed by atoms with van der Waals surface area (Å²) in [5, 5.41) is 3.11. The lowest BCUT2D eigenvalue weighted by molar-refractivity contribution is 1.13. The Morgan fingerprint density at radius 2 is 1.89 bits per heavy atom. The van der Waals surface area contributed by atoms with Crippen LogP contribution in [0.15, 0.2) is 36.5 Å². The summed E-state index contributed by atoms with van der Waals surface area (Å²) >= 11 is 4.89. The van der Waals surface area contributed by atoms with E-state index in [1.54, 1.807) is 12.3 Å². The lowest BCUT2D eigenvalue weighted by Gasteiger charge is -2.13. The topological polar surface area (TPSA) is 67.1 Å². The fourth-order valence-electron chi connectivity index (χ4n) is 1.53. The number of nitrogens with one attached hydrogen (secondary N) is 1. The smallest absolute Gasteiger partial charge is 0.227 e. The van der Waals surface area contributed by atoms with Gasteiger partial charge < -0.3 is 16.0 Å². The van der Waals surface area contributed by atoms with E-state index in [1.807, 2.05) is 43.3 Å². The van der Waals surface area contributed by atoms with Crippen LogP contribution in [-0.4, -0.2) is 29.1 Å². The van der Waals surface area contributed by atoms with Crippen LogP contribution in [0.2, 0.25) is 0 Å². The van der Waals surface area contributed by atoms with Crippen LogP contribution in [0.1, 0.15) is 5.69 Å². The summed E-state index contributed by atoms with van der Waals surface area (Å²) in [4.78, 5) is 10.6. The first-order valence-corrected chi connectivity index (χ1v) is 6.14. The molecule has 1 aromatic carbocycles. The molecule has 0 unspecified atom stereocenters. The summed E-state index contributed by atoms with van der Waals surface area (Å²) in [6.07, 6.45) is 1.62. The molecule has 0 aliphatic carbocycles. The molecule has 0 amide bonds. The Balaban J connectivity index is 2.16. The van der Waals surface area contributed by atoms with Crippen LogP contribution < -0.4 is 16.0 Å². The van der Waals surface area contributed by atoms with Crippen molar-refractivity contribution in [1.29, 1.82) is 0 Å². The molecule has 5 nitrogen and oxygen atoms in total. The summed E-state index contributed by atoms with van der Waals surface area (Å²) in [5.41, 5.74) is 8.13. The van der Waals surface area contributed by atoms with E-state index < -0.39 is 0 Å². The summed E-state index contributed by atoms with van der Waals surface area (Å²) < 4.78 is 0. The molecule has 0 atom stereocenters. The van der Waals surface area contributed by atoms with Crippen molar-refractivity contribution in [2.45, 2.75) is 0 Å². The van der Waals surface area contributed by atoms with E-state index in [9.17, 15) is 0 Å². The van der Waals surface area contributed by atoms with Crippen molar-refractivity contribution in [3.8, 4) is 0 Å². The number of nitrogens with zero attached hydrogens (tertiary/aromatic N) is 3. The molecule has 0 saturated heterocycles. The third-order valence-corrected chi connectivity index (χ3v) is 2.76. The largest absolute Gasteiger partial charge is 0.388 e. The highest BCUT2D eigenvalue weighted by atomic mass is 32.1. The van der Waals surface area contributed by atoms with Gasteiger partial charge in [0, 0.05) is 31.7 Å². The fourth-order valence-corrected chi connectivity index (χ4v) is 1.64. The number of benzene rings is 1. The van der Waals surface area contributed by atoms with E-state index in [0.29, 0.717) is 11.6 Å². The van der Waals surface area contributed by atoms with Gasteiger partial charge in [0.15, 0.2) is 0 Å². The van der Waals surface area contributed by atoms with Gasteiger partial charge in [-0.2, -0.15) is 0 Å². The number of nitrogens with two attached hydrogens (primary N) is 1. The van der Waals surface area contributed by atoms with Crippen molar-refractivity contribution >= 4 is 34.5 Å². The lowest BCUT2D eigenvalue weighted by Crippen LogP contribution is -2.12. The molecule has 19 heavy (non-hydrogen) atoms. The molecule has 0 bridgehead atoms. The third-order valence-electron chi connectivity index (χ3n) is 2.55. The van der Waals surface area contributed by atoms with E-state index in [0.717, 1.165) is 11.4 Å². The molecule has 2 aromatic rings. The Labute approximate surface area is 117 Å². The second kappa shape index (κ2) is 5.62. The molecule has 0 spiro atoms.